The van der Waals surface area contributed by atoms with E-state index in [1.54, 1.807) is 18.3 Å². The van der Waals surface area contributed by atoms with Crippen molar-refractivity contribution in [3.63, 3.8) is 0 Å². The fourth-order valence-corrected chi connectivity index (χ4v) is 5.52. The molecule has 1 aromatic carbocycles. The van der Waals surface area contributed by atoms with Crippen LogP contribution in [0.4, 0.5) is 5.82 Å². The quantitative estimate of drug-likeness (QED) is 0.688. The number of para-hydroxylation sites is 1. The molecule has 3 heterocycles. The maximum atomic E-state index is 13.0. The van der Waals surface area contributed by atoms with Crippen LogP contribution in [0.25, 0.3) is 0 Å². The van der Waals surface area contributed by atoms with Crippen molar-refractivity contribution in [2.24, 2.45) is 0 Å². The van der Waals surface area contributed by atoms with E-state index in [1.165, 1.54) is 0 Å². The van der Waals surface area contributed by atoms with Crippen LogP contribution < -0.4 is 4.90 Å². The lowest BCUT2D eigenvalue weighted by atomic mass is 9.89. The van der Waals surface area contributed by atoms with Crippen molar-refractivity contribution in [1.29, 1.82) is 5.26 Å². The Morgan fingerprint density at radius 3 is 2.74 bits per heavy atom. The van der Waals surface area contributed by atoms with Crippen molar-refractivity contribution in [2.75, 3.05) is 11.4 Å². The van der Waals surface area contributed by atoms with Crippen LogP contribution in [0.2, 0.25) is 0 Å². The molecule has 160 valence electrons. The maximum Gasteiger partial charge on any atom is 0.224 e. The zero-order valence-electron chi connectivity index (χ0n) is 17.7. The average molecular weight is 417 g/mol. The third-order valence-corrected chi connectivity index (χ3v) is 7.33. The van der Waals surface area contributed by atoms with Crippen LogP contribution in [0, 0.1) is 11.3 Å². The van der Waals surface area contributed by atoms with Crippen LogP contribution in [0.1, 0.15) is 62.5 Å². The number of unbranched alkanes of at least 4 members (excludes halogenated alkanes) is 1. The number of hydrogen-bond acceptors (Lipinski definition) is 5. The topological polar surface area (TPSA) is 80.5 Å². The second kappa shape index (κ2) is 7.88. The number of phenols is 1. The minimum Gasteiger partial charge on any atom is -0.508 e. The average Bonchev–Trinajstić information content (AvgIpc) is 3.35. The van der Waals surface area contributed by atoms with E-state index in [0.717, 1.165) is 62.9 Å². The first-order valence-electron chi connectivity index (χ1n) is 11.3. The summed E-state index contributed by atoms with van der Waals surface area (Å²) in [5.41, 5.74) is 1.75. The Hall–Kier alpha value is -3.07. The molecular formula is C25H28N4O2. The Balaban J connectivity index is 1.15. The third kappa shape index (κ3) is 3.63. The standard InChI is InChI=1S/C25H28N4O2/c26-15-18-8-10-22(27-16-18)29-19-9-11-23(29)28(17-19)24(31)7-3-4-12-25(13-14-25)20-5-1-2-6-21(20)30/h1-2,5-6,8,10,16,19,23,30H,3-4,7,9,11-14,17H2. The SMILES string of the molecule is N#Cc1ccc(N2C3CCC2N(C(=O)CCCCC2(c4ccccc4O)CC2)C3)nc1. The molecule has 0 radical (unpaired) electrons. The fourth-order valence-electron chi connectivity index (χ4n) is 5.52. The summed E-state index contributed by atoms with van der Waals surface area (Å²) in [6.45, 7) is 0.771. The third-order valence-electron chi connectivity index (χ3n) is 7.33. The van der Waals surface area contributed by atoms with Gasteiger partial charge in [0.25, 0.3) is 0 Å². The van der Waals surface area contributed by atoms with Crippen molar-refractivity contribution in [3.05, 3.63) is 53.7 Å². The summed E-state index contributed by atoms with van der Waals surface area (Å²) in [5.74, 6) is 1.50. The predicted octanol–water partition coefficient (Wildman–Crippen LogP) is 4.09. The molecule has 3 fully saturated rings. The second-order valence-electron chi connectivity index (χ2n) is 9.19. The van der Waals surface area contributed by atoms with Crippen molar-refractivity contribution in [3.8, 4) is 11.8 Å². The van der Waals surface area contributed by atoms with Crippen molar-refractivity contribution in [2.45, 2.75) is 69.0 Å². The Bertz CT molecular complexity index is 1010. The number of likely N-dealkylation sites (tertiary alicyclic amines) is 1. The summed E-state index contributed by atoms with van der Waals surface area (Å²) in [7, 11) is 0. The monoisotopic (exact) mass is 416 g/mol. The minimum atomic E-state index is 0.0916. The van der Waals surface area contributed by atoms with Gasteiger partial charge in [0, 0.05) is 24.7 Å². The smallest absolute Gasteiger partial charge is 0.224 e. The number of rotatable bonds is 7. The van der Waals surface area contributed by atoms with Gasteiger partial charge in [-0.2, -0.15) is 5.26 Å². The lowest BCUT2D eigenvalue weighted by molar-refractivity contribution is -0.132. The summed E-state index contributed by atoms with van der Waals surface area (Å²) in [4.78, 5) is 21.7. The first-order valence-corrected chi connectivity index (χ1v) is 11.3. The van der Waals surface area contributed by atoms with Gasteiger partial charge in [-0.3, -0.25) is 4.79 Å². The number of nitriles is 1. The molecule has 6 nitrogen and oxygen atoms in total. The minimum absolute atomic E-state index is 0.0916. The first kappa shape index (κ1) is 19.9. The molecule has 2 aliphatic heterocycles. The number of benzene rings is 1. The number of amides is 1. The number of aromatic hydroxyl groups is 1. The molecule has 31 heavy (non-hydrogen) atoms. The van der Waals surface area contributed by atoms with Crippen LogP contribution in [-0.4, -0.2) is 39.6 Å². The number of pyridine rings is 1. The molecule has 3 aliphatic rings. The highest BCUT2D eigenvalue weighted by Gasteiger charge is 2.47. The number of anilines is 1. The molecule has 2 aromatic rings. The van der Waals surface area contributed by atoms with Crippen molar-refractivity contribution in [1.82, 2.24) is 9.88 Å². The van der Waals surface area contributed by atoms with Crippen LogP contribution in [0.3, 0.4) is 0 Å². The Morgan fingerprint density at radius 2 is 2.03 bits per heavy atom. The highest BCUT2D eigenvalue weighted by molar-refractivity contribution is 5.78. The second-order valence-corrected chi connectivity index (χ2v) is 9.19. The number of aromatic nitrogens is 1. The highest BCUT2D eigenvalue weighted by atomic mass is 16.3. The molecule has 1 aliphatic carbocycles. The van der Waals surface area contributed by atoms with Crippen LogP contribution in [-0.2, 0) is 10.2 Å². The van der Waals surface area contributed by atoms with Gasteiger partial charge in [0.15, 0.2) is 0 Å². The van der Waals surface area contributed by atoms with E-state index in [-0.39, 0.29) is 17.5 Å². The summed E-state index contributed by atoms with van der Waals surface area (Å²) in [6, 6.07) is 13.8. The van der Waals surface area contributed by atoms with Gasteiger partial charge in [0.05, 0.1) is 11.6 Å². The van der Waals surface area contributed by atoms with Gasteiger partial charge in [-0.1, -0.05) is 24.6 Å². The fraction of sp³-hybridized carbons (Fsp3) is 0.480. The molecule has 1 saturated carbocycles. The van der Waals surface area contributed by atoms with Crippen molar-refractivity contribution < 1.29 is 9.90 Å². The molecular weight excluding hydrogens is 388 g/mol. The van der Waals surface area contributed by atoms with Gasteiger partial charge in [-0.25, -0.2) is 4.98 Å². The maximum absolute atomic E-state index is 13.0. The Labute approximate surface area is 183 Å². The first-order chi connectivity index (χ1) is 15.1. The Morgan fingerprint density at radius 1 is 1.19 bits per heavy atom. The molecule has 5 rings (SSSR count). The molecule has 1 amide bonds. The van der Waals surface area contributed by atoms with Gasteiger partial charge in [0.2, 0.25) is 5.91 Å². The summed E-state index contributed by atoms with van der Waals surface area (Å²) < 4.78 is 0. The number of nitrogens with zero attached hydrogens (tertiary/aromatic N) is 4. The predicted molar refractivity (Wildman–Crippen MR) is 117 cm³/mol. The molecule has 1 aromatic heterocycles. The van der Waals surface area contributed by atoms with Gasteiger partial charge < -0.3 is 14.9 Å². The van der Waals surface area contributed by atoms with Gasteiger partial charge >= 0.3 is 0 Å². The van der Waals surface area contributed by atoms with Crippen molar-refractivity contribution >= 4 is 11.7 Å². The Kier molecular flexibility index (Phi) is 5.05. The van der Waals surface area contributed by atoms with E-state index in [1.807, 2.05) is 29.2 Å². The zero-order valence-corrected chi connectivity index (χ0v) is 17.7. The number of carbonyl (C=O) groups excluding carboxylic acids is 1. The van der Waals surface area contributed by atoms with E-state index in [2.05, 4.69) is 16.0 Å². The van der Waals surface area contributed by atoms with Gasteiger partial charge in [-0.05, 0) is 62.1 Å². The van der Waals surface area contributed by atoms with E-state index in [4.69, 9.17) is 5.26 Å². The lowest BCUT2D eigenvalue weighted by Gasteiger charge is -2.28. The van der Waals surface area contributed by atoms with E-state index in [0.29, 0.717) is 23.8 Å². The lowest BCUT2D eigenvalue weighted by Crippen LogP contribution is -2.41. The largest absolute Gasteiger partial charge is 0.508 e. The number of carbonyl (C=O) groups is 1. The molecule has 2 unspecified atom stereocenters. The van der Waals surface area contributed by atoms with Crippen LogP contribution >= 0.6 is 0 Å². The summed E-state index contributed by atoms with van der Waals surface area (Å²) >= 11 is 0. The van der Waals surface area contributed by atoms with Gasteiger partial charge in [0.1, 0.15) is 23.8 Å². The normalized spacial score (nSPS) is 23.1. The highest BCUT2D eigenvalue weighted by Crippen LogP contribution is 2.54. The summed E-state index contributed by atoms with van der Waals surface area (Å²) in [6.07, 6.45) is 9.52. The zero-order chi connectivity index (χ0) is 21.4. The van der Waals surface area contributed by atoms with Crippen LogP contribution in [0.15, 0.2) is 42.6 Å². The van der Waals surface area contributed by atoms with Crippen LogP contribution in [0.5, 0.6) is 5.75 Å². The molecule has 2 atom stereocenters. The molecule has 2 saturated heterocycles. The molecule has 0 spiro atoms. The number of fused-ring (bicyclic) bond motifs is 2. The van der Waals surface area contributed by atoms with E-state index in [9.17, 15) is 9.90 Å². The number of phenolic OH excluding ortho intramolecular Hbond substituents is 1. The molecule has 6 heteroatoms. The summed E-state index contributed by atoms with van der Waals surface area (Å²) in [5, 5.41) is 19.2. The van der Waals surface area contributed by atoms with E-state index < -0.39 is 0 Å². The number of hydrogen-bond donors (Lipinski definition) is 1. The molecule has 1 N–H and O–H groups in total. The van der Waals surface area contributed by atoms with Gasteiger partial charge in [-0.15, -0.1) is 0 Å². The van der Waals surface area contributed by atoms with E-state index >= 15 is 0 Å². The molecule has 2 bridgehead atoms. The number of piperidine rings is 1.